The average molecular weight is 454 g/mol. The molecule has 2 heterocycles. The molecule has 0 bridgehead atoms. The molecule has 7 nitrogen and oxygen atoms in total. The van der Waals surface area contributed by atoms with Gasteiger partial charge in [0, 0.05) is 16.6 Å². The van der Waals surface area contributed by atoms with Crippen LogP contribution in [0.1, 0.15) is 35.5 Å². The van der Waals surface area contributed by atoms with Crippen molar-refractivity contribution in [1.29, 1.82) is 0 Å². The first-order valence-electron chi connectivity index (χ1n) is 8.58. The Morgan fingerprint density at radius 2 is 2.10 bits per heavy atom. The fourth-order valence-corrected chi connectivity index (χ4v) is 3.87. The van der Waals surface area contributed by atoms with Crippen molar-refractivity contribution in [3.63, 3.8) is 0 Å². The van der Waals surface area contributed by atoms with E-state index in [2.05, 4.69) is 19.8 Å². The first kappa shape index (κ1) is 22.2. The summed E-state index contributed by atoms with van der Waals surface area (Å²) in [5, 5.41) is 10.6. The molecule has 0 fully saturated rings. The van der Waals surface area contributed by atoms with Crippen LogP contribution in [0, 0.1) is 12.7 Å². The largest absolute Gasteiger partial charge is 0.394 e. The van der Waals surface area contributed by atoms with Gasteiger partial charge in [0.2, 0.25) is 0 Å². The van der Waals surface area contributed by atoms with Gasteiger partial charge in [0.15, 0.2) is 10.8 Å². The minimum absolute atomic E-state index is 0.0360. The standard InChI is InChI=1S/C16H16F6N6OS/c1-7-11(5-16(20,21)22)24-10-4-2-3-8(10)12(7)25-15(29)27-30(23)13-9(17)6-28(26-13)14(18)19/h6,14H,2-5H2,1H3,(H3,23,24,25,27,29). The summed E-state index contributed by atoms with van der Waals surface area (Å²) in [5.41, 5.74) is 1.14. The number of urea groups is 1. The molecule has 0 aliphatic heterocycles. The molecule has 14 heteroatoms. The normalized spacial score (nSPS) is 15.0. The van der Waals surface area contributed by atoms with Crippen molar-refractivity contribution in [3.8, 4) is 0 Å². The van der Waals surface area contributed by atoms with Gasteiger partial charge in [0.1, 0.15) is 0 Å². The van der Waals surface area contributed by atoms with Gasteiger partial charge in [-0.2, -0.15) is 27.1 Å². The summed E-state index contributed by atoms with van der Waals surface area (Å²) in [5.74, 6) is -1.16. The fraction of sp³-hybridized carbons (Fsp3) is 0.438. The lowest BCUT2D eigenvalue weighted by Crippen LogP contribution is -2.19. The van der Waals surface area contributed by atoms with Gasteiger partial charge in [0.25, 0.3) is 0 Å². The van der Waals surface area contributed by atoms with Crippen molar-refractivity contribution in [2.45, 2.75) is 50.4 Å². The molecule has 30 heavy (non-hydrogen) atoms. The van der Waals surface area contributed by atoms with Crippen molar-refractivity contribution < 1.29 is 31.1 Å². The SMILES string of the molecule is Cc1c(CC(F)(F)F)nc2c(c1NC(=O)/N=S(\N)c1nn(C(F)F)cc1F)CCC2. The molecular weight excluding hydrogens is 438 g/mol. The summed E-state index contributed by atoms with van der Waals surface area (Å²) in [4.78, 5) is 16.4. The van der Waals surface area contributed by atoms with Gasteiger partial charge in [-0.05, 0) is 37.3 Å². The minimum Gasteiger partial charge on any atom is -0.305 e. The number of nitrogens with one attached hydrogen (secondary N) is 1. The van der Waals surface area contributed by atoms with Crippen molar-refractivity contribution >= 4 is 22.6 Å². The highest BCUT2D eigenvalue weighted by Gasteiger charge is 2.32. The molecule has 1 atom stereocenters. The van der Waals surface area contributed by atoms with E-state index in [-0.39, 0.29) is 21.6 Å². The van der Waals surface area contributed by atoms with E-state index in [1.165, 1.54) is 6.92 Å². The third-order valence-electron chi connectivity index (χ3n) is 4.40. The van der Waals surface area contributed by atoms with Crippen LogP contribution in [0.25, 0.3) is 0 Å². The molecule has 1 aliphatic carbocycles. The molecule has 3 rings (SSSR count). The van der Waals surface area contributed by atoms with Crippen LogP contribution in [-0.2, 0) is 30.1 Å². The molecule has 2 amide bonds. The van der Waals surface area contributed by atoms with Gasteiger partial charge in [-0.25, -0.2) is 13.9 Å². The second kappa shape index (κ2) is 8.34. The molecule has 2 aromatic heterocycles. The topological polar surface area (TPSA) is 98.2 Å². The number of aryl methyl sites for hydroxylation is 1. The number of rotatable bonds is 4. The molecule has 1 aliphatic rings. The van der Waals surface area contributed by atoms with Gasteiger partial charge in [0.05, 0.1) is 24.0 Å². The number of anilines is 1. The smallest absolute Gasteiger partial charge is 0.305 e. The first-order valence-corrected chi connectivity index (χ1v) is 9.83. The highest BCUT2D eigenvalue weighted by atomic mass is 32.2. The van der Waals surface area contributed by atoms with E-state index in [1.54, 1.807) is 0 Å². The lowest BCUT2D eigenvalue weighted by molar-refractivity contribution is -0.127. The Labute approximate surface area is 168 Å². The summed E-state index contributed by atoms with van der Waals surface area (Å²) < 4.78 is 81.1. The van der Waals surface area contributed by atoms with Gasteiger partial charge in [-0.15, -0.1) is 4.36 Å². The van der Waals surface area contributed by atoms with Crippen molar-refractivity contribution in [2.24, 2.45) is 9.50 Å². The molecule has 0 aromatic carbocycles. The zero-order valence-corrected chi connectivity index (χ0v) is 16.3. The van der Waals surface area contributed by atoms with Crippen LogP contribution in [0.4, 0.5) is 36.8 Å². The van der Waals surface area contributed by atoms with Gasteiger partial charge >= 0.3 is 18.8 Å². The van der Waals surface area contributed by atoms with Crippen LogP contribution in [0.5, 0.6) is 0 Å². The van der Waals surface area contributed by atoms with Crippen molar-refractivity contribution in [3.05, 3.63) is 34.5 Å². The van der Waals surface area contributed by atoms with E-state index in [9.17, 15) is 31.1 Å². The second-order valence-corrected chi connectivity index (χ2v) is 7.70. The minimum atomic E-state index is -4.49. The number of carbonyl (C=O) groups excluding carboxylic acids is 1. The number of aromatic nitrogens is 3. The number of fused-ring (bicyclic) bond motifs is 1. The van der Waals surface area contributed by atoms with Crippen molar-refractivity contribution in [1.82, 2.24) is 14.8 Å². The number of hydrogen-bond donors (Lipinski definition) is 2. The summed E-state index contributed by atoms with van der Waals surface area (Å²) >= 11 is 0. The van der Waals surface area contributed by atoms with E-state index in [1.807, 2.05) is 0 Å². The maximum absolute atomic E-state index is 13.8. The number of halogens is 6. The molecule has 2 aromatic rings. The summed E-state index contributed by atoms with van der Waals surface area (Å²) in [6, 6.07) is -1.06. The second-order valence-electron chi connectivity index (χ2n) is 6.51. The number of alkyl halides is 5. The Bertz CT molecular complexity index is 1020. The molecule has 164 valence electrons. The predicted molar refractivity (Wildman–Crippen MR) is 95.5 cm³/mol. The summed E-state index contributed by atoms with van der Waals surface area (Å²) in [6.07, 6.45) is -3.69. The molecular formula is C16H16F6N6OS. The highest BCUT2D eigenvalue weighted by Crippen LogP contribution is 2.34. The van der Waals surface area contributed by atoms with Crippen LogP contribution in [0.3, 0.4) is 0 Å². The van der Waals surface area contributed by atoms with Gasteiger partial charge in [-0.1, -0.05) is 0 Å². The van der Waals surface area contributed by atoms with Crippen LogP contribution in [0.15, 0.2) is 15.6 Å². The van der Waals surface area contributed by atoms with E-state index in [4.69, 9.17) is 5.14 Å². The summed E-state index contributed by atoms with van der Waals surface area (Å²) in [7, 11) is -1.99. The Kier molecular flexibility index (Phi) is 6.17. The van der Waals surface area contributed by atoms with E-state index >= 15 is 0 Å². The maximum Gasteiger partial charge on any atom is 0.394 e. The molecule has 0 saturated heterocycles. The number of pyridine rings is 1. The summed E-state index contributed by atoms with van der Waals surface area (Å²) in [6.45, 7) is -1.71. The Morgan fingerprint density at radius 3 is 2.70 bits per heavy atom. The number of amides is 2. The molecule has 0 radical (unpaired) electrons. The monoisotopic (exact) mass is 454 g/mol. The Morgan fingerprint density at radius 1 is 1.40 bits per heavy atom. The first-order chi connectivity index (χ1) is 14.0. The van der Waals surface area contributed by atoms with E-state index in [0.717, 1.165) is 0 Å². The highest BCUT2D eigenvalue weighted by molar-refractivity contribution is 7.85. The third kappa shape index (κ3) is 4.80. The van der Waals surface area contributed by atoms with Crippen LogP contribution in [0.2, 0.25) is 0 Å². The van der Waals surface area contributed by atoms with Gasteiger partial charge < -0.3 is 5.32 Å². The van der Waals surface area contributed by atoms with Crippen LogP contribution < -0.4 is 10.5 Å². The molecule has 3 N–H and O–H groups in total. The molecule has 1 unspecified atom stereocenters. The Hall–Kier alpha value is -2.48. The van der Waals surface area contributed by atoms with Crippen LogP contribution >= 0.6 is 0 Å². The molecule has 0 saturated carbocycles. The van der Waals surface area contributed by atoms with Gasteiger partial charge in [-0.3, -0.25) is 10.1 Å². The van der Waals surface area contributed by atoms with Crippen molar-refractivity contribution in [2.75, 3.05) is 5.32 Å². The number of nitrogens with two attached hydrogens (primary N) is 1. The molecule has 0 spiro atoms. The number of carbonyl (C=O) groups is 1. The zero-order chi connectivity index (χ0) is 22.2. The maximum atomic E-state index is 13.8. The van der Waals surface area contributed by atoms with E-state index < -0.39 is 46.9 Å². The van der Waals surface area contributed by atoms with E-state index in [0.29, 0.717) is 36.7 Å². The third-order valence-corrected chi connectivity index (χ3v) is 5.44. The lowest BCUT2D eigenvalue weighted by atomic mass is 10.0. The zero-order valence-electron chi connectivity index (χ0n) is 15.4. The Balaban J connectivity index is 1.90. The fourth-order valence-electron chi connectivity index (χ4n) is 3.13. The van der Waals surface area contributed by atoms with Crippen LogP contribution in [-0.4, -0.2) is 27.0 Å². The number of hydrogen-bond acceptors (Lipinski definition) is 3. The number of nitrogens with zero attached hydrogens (tertiary/aromatic N) is 4. The average Bonchev–Trinajstić information content (AvgIpc) is 3.23. The lowest BCUT2D eigenvalue weighted by Gasteiger charge is -2.17. The quantitative estimate of drug-likeness (QED) is 0.683. The predicted octanol–water partition coefficient (Wildman–Crippen LogP) is 3.98.